The van der Waals surface area contributed by atoms with Crippen molar-refractivity contribution < 1.29 is 0 Å². The summed E-state index contributed by atoms with van der Waals surface area (Å²) in [5, 5.41) is 0. The van der Waals surface area contributed by atoms with Crippen LogP contribution in [-0.2, 0) is 0 Å². The Kier molecular flexibility index (Phi) is 2.11. The topological polar surface area (TPSA) is 0 Å². The van der Waals surface area contributed by atoms with Gasteiger partial charge in [0.2, 0.25) is 0 Å². The smallest absolute Gasteiger partial charge is 0.0285 e. The fourth-order valence-corrected chi connectivity index (χ4v) is 2.12. The molecule has 0 N–H and O–H groups in total. The Balaban J connectivity index is 2.19. The highest BCUT2D eigenvalue weighted by Gasteiger charge is 2.07. The molecule has 0 amide bonds. The van der Waals surface area contributed by atoms with E-state index < -0.39 is 0 Å². The average molecular weight is 148 g/mol. The predicted molar refractivity (Wildman–Crippen MR) is 48.5 cm³/mol. The van der Waals surface area contributed by atoms with Crippen LogP contribution in [0.1, 0.15) is 44.9 Å². The molecule has 0 aromatic carbocycles. The second kappa shape index (κ2) is 3.25. The van der Waals surface area contributed by atoms with Crippen LogP contribution in [0, 0.1) is 0 Å². The summed E-state index contributed by atoms with van der Waals surface area (Å²) >= 11 is 0. The summed E-state index contributed by atoms with van der Waals surface area (Å²) in [6.45, 7) is 0. The number of hydrogen-bond donors (Lipinski definition) is 0. The molecule has 3 rings (SSSR count). The zero-order chi connectivity index (χ0) is 7.52. The minimum absolute atomic E-state index is 1.31. The third kappa shape index (κ3) is 1.74. The van der Waals surface area contributed by atoms with E-state index in [1.54, 1.807) is 11.1 Å². The summed E-state index contributed by atoms with van der Waals surface area (Å²) in [6.07, 6.45) is 14.4. The average Bonchev–Trinajstić information content (AvgIpc) is 1.80. The van der Waals surface area contributed by atoms with Crippen molar-refractivity contribution in [3.63, 3.8) is 0 Å². The molecule has 0 aromatic heterocycles. The van der Waals surface area contributed by atoms with Crippen LogP contribution in [0.2, 0.25) is 0 Å². The molecule has 0 nitrogen and oxygen atoms in total. The molecule has 0 heteroatoms. The molecule has 0 spiro atoms. The van der Waals surface area contributed by atoms with E-state index in [9.17, 15) is 0 Å². The highest BCUT2D eigenvalue weighted by molar-refractivity contribution is 5.14. The number of rotatable bonds is 0. The summed E-state index contributed by atoms with van der Waals surface area (Å²) in [7, 11) is 0. The maximum absolute atomic E-state index is 2.48. The molecule has 0 unspecified atom stereocenters. The van der Waals surface area contributed by atoms with Gasteiger partial charge in [0, 0.05) is 0 Å². The van der Waals surface area contributed by atoms with Crippen LogP contribution in [0.3, 0.4) is 0 Å². The van der Waals surface area contributed by atoms with E-state index in [1.165, 1.54) is 44.9 Å². The molecule has 60 valence electrons. The fourth-order valence-electron chi connectivity index (χ4n) is 2.12. The molecule has 0 saturated carbocycles. The quantitative estimate of drug-likeness (QED) is 0.460. The first kappa shape index (κ1) is 7.15. The minimum atomic E-state index is 1.31. The largest absolute Gasteiger partial charge is 0.0850 e. The van der Waals surface area contributed by atoms with Gasteiger partial charge in [-0.05, 0) is 44.9 Å². The Bertz CT molecular complexity index is 174. The number of hydrogen-bond acceptors (Lipinski definition) is 0. The van der Waals surface area contributed by atoms with Gasteiger partial charge < -0.3 is 0 Å². The SMILES string of the molecule is C1=C2CC/C=C(\CC1)CCC2. The van der Waals surface area contributed by atoms with Crippen LogP contribution in [0.5, 0.6) is 0 Å². The van der Waals surface area contributed by atoms with E-state index in [-0.39, 0.29) is 0 Å². The highest BCUT2D eigenvalue weighted by Crippen LogP contribution is 2.27. The standard InChI is InChI=1S/C11H16/c1-4-10-6-2-7-11(5-1)9-3-8-10/h4,7H,1-3,5-6,8-9H2/b10-4+,11-7?. The third-order valence-electron chi connectivity index (χ3n) is 2.79. The lowest BCUT2D eigenvalue weighted by molar-refractivity contribution is 0.687. The maximum Gasteiger partial charge on any atom is -0.0285 e. The lowest BCUT2D eigenvalue weighted by atomic mass is 9.90. The zero-order valence-corrected chi connectivity index (χ0v) is 7.10. The first-order valence-corrected chi connectivity index (χ1v) is 4.81. The molecular weight excluding hydrogens is 132 g/mol. The van der Waals surface area contributed by atoms with E-state index in [4.69, 9.17) is 0 Å². The van der Waals surface area contributed by atoms with Crippen molar-refractivity contribution in [2.75, 3.05) is 0 Å². The maximum atomic E-state index is 2.48. The first-order chi connectivity index (χ1) is 5.45. The first-order valence-electron chi connectivity index (χ1n) is 4.81. The van der Waals surface area contributed by atoms with Gasteiger partial charge in [0.05, 0.1) is 0 Å². The molecule has 11 heavy (non-hydrogen) atoms. The second-order valence-electron chi connectivity index (χ2n) is 3.66. The van der Waals surface area contributed by atoms with Crippen molar-refractivity contribution in [2.45, 2.75) is 44.9 Å². The molecule has 0 heterocycles. The van der Waals surface area contributed by atoms with Crippen LogP contribution in [0.4, 0.5) is 0 Å². The Morgan fingerprint density at radius 1 is 0.727 bits per heavy atom. The summed E-state index contributed by atoms with van der Waals surface area (Å²) in [4.78, 5) is 0. The molecular formula is C11H16. The van der Waals surface area contributed by atoms with Gasteiger partial charge in [0.1, 0.15) is 0 Å². The molecule has 2 bridgehead atoms. The van der Waals surface area contributed by atoms with Crippen molar-refractivity contribution in [3.05, 3.63) is 23.3 Å². The van der Waals surface area contributed by atoms with E-state index in [0.717, 1.165) is 0 Å². The van der Waals surface area contributed by atoms with Crippen LogP contribution < -0.4 is 0 Å². The van der Waals surface area contributed by atoms with Gasteiger partial charge >= 0.3 is 0 Å². The Labute approximate surface area is 69.0 Å². The summed E-state index contributed by atoms with van der Waals surface area (Å²) < 4.78 is 0. The molecule has 0 radical (unpaired) electrons. The molecule has 3 aliphatic carbocycles. The monoisotopic (exact) mass is 148 g/mol. The van der Waals surface area contributed by atoms with Gasteiger partial charge in [-0.2, -0.15) is 0 Å². The van der Waals surface area contributed by atoms with E-state index in [2.05, 4.69) is 12.2 Å². The second-order valence-corrected chi connectivity index (χ2v) is 3.66. The molecule has 0 aromatic rings. The lowest BCUT2D eigenvalue weighted by Gasteiger charge is -2.17. The van der Waals surface area contributed by atoms with Crippen LogP contribution >= 0.6 is 0 Å². The molecule has 0 saturated heterocycles. The van der Waals surface area contributed by atoms with E-state index >= 15 is 0 Å². The normalized spacial score (nSPS) is 29.5. The van der Waals surface area contributed by atoms with Gasteiger partial charge in [-0.1, -0.05) is 23.3 Å². The highest BCUT2D eigenvalue weighted by atomic mass is 14.1. The lowest BCUT2D eigenvalue weighted by Crippen LogP contribution is -1.97. The van der Waals surface area contributed by atoms with Crippen molar-refractivity contribution in [1.82, 2.24) is 0 Å². The number of allylic oxidation sites excluding steroid dienone is 4. The zero-order valence-electron chi connectivity index (χ0n) is 7.10. The van der Waals surface area contributed by atoms with Gasteiger partial charge in [0.15, 0.2) is 0 Å². The van der Waals surface area contributed by atoms with Crippen molar-refractivity contribution >= 4 is 0 Å². The Hall–Kier alpha value is -0.520. The molecule has 3 aliphatic rings. The fraction of sp³-hybridized carbons (Fsp3) is 0.636. The van der Waals surface area contributed by atoms with E-state index in [0.29, 0.717) is 0 Å². The van der Waals surface area contributed by atoms with Crippen LogP contribution in [0.15, 0.2) is 23.3 Å². The number of fused-ring (bicyclic) bond motifs is 6. The summed E-state index contributed by atoms with van der Waals surface area (Å²) in [5.41, 5.74) is 3.44. The van der Waals surface area contributed by atoms with Gasteiger partial charge in [-0.3, -0.25) is 0 Å². The summed E-state index contributed by atoms with van der Waals surface area (Å²) in [5.74, 6) is 0. The van der Waals surface area contributed by atoms with Crippen molar-refractivity contribution in [1.29, 1.82) is 0 Å². The molecule has 0 aliphatic heterocycles. The Morgan fingerprint density at radius 3 is 1.82 bits per heavy atom. The molecule has 0 atom stereocenters. The third-order valence-corrected chi connectivity index (χ3v) is 2.79. The van der Waals surface area contributed by atoms with Gasteiger partial charge in [0.25, 0.3) is 0 Å². The van der Waals surface area contributed by atoms with Crippen LogP contribution in [-0.4, -0.2) is 0 Å². The van der Waals surface area contributed by atoms with Gasteiger partial charge in [-0.15, -0.1) is 0 Å². The van der Waals surface area contributed by atoms with Crippen molar-refractivity contribution in [3.8, 4) is 0 Å². The summed E-state index contributed by atoms with van der Waals surface area (Å²) in [6, 6.07) is 0. The van der Waals surface area contributed by atoms with E-state index in [1.807, 2.05) is 0 Å². The molecule has 0 fully saturated rings. The van der Waals surface area contributed by atoms with Crippen LogP contribution in [0.25, 0.3) is 0 Å². The minimum Gasteiger partial charge on any atom is -0.0850 e. The predicted octanol–water partition coefficient (Wildman–Crippen LogP) is 3.60. The van der Waals surface area contributed by atoms with Gasteiger partial charge in [-0.25, -0.2) is 0 Å². The Morgan fingerprint density at radius 2 is 1.27 bits per heavy atom. The van der Waals surface area contributed by atoms with Crippen molar-refractivity contribution in [2.24, 2.45) is 0 Å².